The van der Waals surface area contributed by atoms with E-state index in [0.717, 1.165) is 82.9 Å². The van der Waals surface area contributed by atoms with Gasteiger partial charge in [-0.3, -0.25) is 0 Å². The number of hydrogen-bond donors (Lipinski definition) is 0. The second-order valence-corrected chi connectivity index (χ2v) is 8.80. The van der Waals surface area contributed by atoms with Crippen LogP contribution in [0.1, 0.15) is 59.6 Å². The molecule has 4 aromatic rings. The predicted molar refractivity (Wildman–Crippen MR) is 130 cm³/mol. The topological polar surface area (TPSA) is 63.7 Å². The van der Waals surface area contributed by atoms with Crippen LogP contribution in [0.25, 0.3) is 22.3 Å². The van der Waals surface area contributed by atoms with Crippen LogP contribution in [0.4, 0.5) is 0 Å². The Morgan fingerprint density at radius 2 is 1.94 bits per heavy atom. The predicted octanol–water partition coefficient (Wildman–Crippen LogP) is 6.05. The van der Waals surface area contributed by atoms with Crippen molar-refractivity contribution in [3.8, 4) is 17.2 Å². The van der Waals surface area contributed by atoms with Crippen molar-refractivity contribution in [2.75, 3.05) is 6.61 Å². The Hall–Kier alpha value is -3.49. The fourth-order valence-electron chi connectivity index (χ4n) is 4.88. The van der Waals surface area contributed by atoms with Gasteiger partial charge in [0, 0.05) is 18.7 Å². The first-order valence-electron chi connectivity index (χ1n) is 11.7. The van der Waals surface area contributed by atoms with Crippen molar-refractivity contribution in [1.29, 1.82) is 5.26 Å². The molecule has 1 saturated heterocycles. The van der Waals surface area contributed by atoms with E-state index >= 15 is 0 Å². The number of nitrogens with zero attached hydrogens (tertiary/aromatic N) is 4. The fourth-order valence-corrected chi connectivity index (χ4v) is 4.88. The van der Waals surface area contributed by atoms with E-state index < -0.39 is 0 Å². The molecule has 1 aliphatic heterocycles. The molecule has 2 aromatic carbocycles. The number of aromatic nitrogens is 3. The molecule has 2 aromatic heterocycles. The molecule has 5 heteroatoms. The lowest BCUT2D eigenvalue weighted by molar-refractivity contribution is 0.112. The van der Waals surface area contributed by atoms with Gasteiger partial charge in [0.2, 0.25) is 0 Å². The number of pyridine rings is 1. The number of aryl methyl sites for hydroxylation is 3. The van der Waals surface area contributed by atoms with Gasteiger partial charge >= 0.3 is 0 Å². The molecule has 0 bridgehead atoms. The second kappa shape index (κ2) is 8.80. The molecule has 5 nitrogen and oxygen atoms in total. The van der Waals surface area contributed by atoms with Crippen LogP contribution in [-0.2, 0) is 17.7 Å². The van der Waals surface area contributed by atoms with Crippen LogP contribution < -0.4 is 0 Å². The summed E-state index contributed by atoms with van der Waals surface area (Å²) >= 11 is 0. The minimum absolute atomic E-state index is 0.0280. The lowest BCUT2D eigenvalue weighted by Crippen LogP contribution is -2.05. The van der Waals surface area contributed by atoms with Gasteiger partial charge in [-0.1, -0.05) is 49.4 Å². The highest BCUT2D eigenvalue weighted by Gasteiger charge is 2.22. The molecule has 0 amide bonds. The third-order valence-electron chi connectivity index (χ3n) is 6.51. The van der Waals surface area contributed by atoms with Gasteiger partial charge in [0.05, 0.1) is 18.2 Å². The molecule has 3 heterocycles. The Balaban J connectivity index is 1.49. The van der Waals surface area contributed by atoms with Gasteiger partial charge in [0.15, 0.2) is 5.65 Å². The Labute approximate surface area is 194 Å². The number of imidazole rings is 1. The van der Waals surface area contributed by atoms with Crippen LogP contribution in [0, 0.1) is 25.2 Å². The SMILES string of the molecule is CCc1nc2c(C)cc(C)nc2n1Cc1ccc(-c2cccc(C3CCCO3)c2C#N)cc1. The standard InChI is InChI=1S/C28H28N4O/c1-4-26-31-27-18(2)15-19(3)30-28(27)32(26)17-20-10-12-21(13-11-20)22-7-5-8-23(24(22)16-29)25-9-6-14-33-25/h5,7-8,10-13,15,25H,4,6,9,14,17H2,1-3H3. The first-order valence-corrected chi connectivity index (χ1v) is 11.7. The van der Waals surface area contributed by atoms with Crippen molar-refractivity contribution < 1.29 is 4.74 Å². The zero-order valence-corrected chi connectivity index (χ0v) is 19.4. The summed E-state index contributed by atoms with van der Waals surface area (Å²) in [6, 6.07) is 19.1. The molecule has 0 radical (unpaired) electrons. The summed E-state index contributed by atoms with van der Waals surface area (Å²) in [5.74, 6) is 1.05. The molecule has 0 saturated carbocycles. The summed E-state index contributed by atoms with van der Waals surface area (Å²) in [5.41, 5.74) is 9.03. The molecular formula is C28H28N4O. The Morgan fingerprint density at radius 3 is 2.64 bits per heavy atom. The Bertz CT molecular complexity index is 1360. The molecule has 5 rings (SSSR count). The van der Waals surface area contributed by atoms with Crippen LogP contribution in [0.2, 0.25) is 0 Å². The van der Waals surface area contributed by atoms with Gasteiger partial charge in [0.25, 0.3) is 0 Å². The minimum Gasteiger partial charge on any atom is -0.373 e. The van der Waals surface area contributed by atoms with E-state index in [1.54, 1.807) is 0 Å². The van der Waals surface area contributed by atoms with Gasteiger partial charge in [-0.05, 0) is 60.6 Å². The maximum atomic E-state index is 9.93. The van der Waals surface area contributed by atoms with Crippen molar-refractivity contribution >= 4 is 11.2 Å². The van der Waals surface area contributed by atoms with Crippen LogP contribution in [0.3, 0.4) is 0 Å². The van der Waals surface area contributed by atoms with Crippen molar-refractivity contribution in [2.45, 2.75) is 52.7 Å². The smallest absolute Gasteiger partial charge is 0.160 e. The second-order valence-electron chi connectivity index (χ2n) is 8.80. The lowest BCUT2D eigenvalue weighted by atomic mass is 9.92. The third-order valence-corrected chi connectivity index (χ3v) is 6.51. The van der Waals surface area contributed by atoms with Crippen LogP contribution in [0.15, 0.2) is 48.5 Å². The largest absolute Gasteiger partial charge is 0.373 e. The highest BCUT2D eigenvalue weighted by atomic mass is 16.5. The molecule has 33 heavy (non-hydrogen) atoms. The first-order chi connectivity index (χ1) is 16.1. The Kier molecular flexibility index (Phi) is 5.70. The fraction of sp³-hybridized carbons (Fsp3) is 0.321. The maximum Gasteiger partial charge on any atom is 0.160 e. The molecule has 0 N–H and O–H groups in total. The summed E-state index contributed by atoms with van der Waals surface area (Å²) in [5, 5.41) is 9.93. The number of fused-ring (bicyclic) bond motifs is 1. The average Bonchev–Trinajstić information content (AvgIpc) is 3.48. The molecule has 0 spiro atoms. The molecule has 1 aliphatic rings. The number of benzene rings is 2. The van der Waals surface area contributed by atoms with Crippen molar-refractivity contribution in [2.24, 2.45) is 0 Å². The van der Waals surface area contributed by atoms with E-state index in [2.05, 4.69) is 54.8 Å². The van der Waals surface area contributed by atoms with Crippen LogP contribution >= 0.6 is 0 Å². The number of hydrogen-bond acceptors (Lipinski definition) is 4. The van der Waals surface area contributed by atoms with Crippen molar-refractivity contribution in [3.05, 3.63) is 82.3 Å². The third kappa shape index (κ3) is 3.92. The summed E-state index contributed by atoms with van der Waals surface area (Å²) in [6.07, 6.45) is 2.91. The first kappa shape index (κ1) is 21.4. The molecule has 1 atom stereocenters. The normalized spacial score (nSPS) is 15.8. The van der Waals surface area contributed by atoms with Crippen molar-refractivity contribution in [3.63, 3.8) is 0 Å². The Morgan fingerprint density at radius 1 is 1.12 bits per heavy atom. The highest BCUT2D eigenvalue weighted by Crippen LogP contribution is 2.35. The lowest BCUT2D eigenvalue weighted by Gasteiger charge is -2.15. The number of ether oxygens (including phenoxy) is 1. The van der Waals surface area contributed by atoms with Gasteiger partial charge < -0.3 is 9.30 Å². The van der Waals surface area contributed by atoms with E-state index in [0.29, 0.717) is 0 Å². The summed E-state index contributed by atoms with van der Waals surface area (Å²) in [7, 11) is 0. The van der Waals surface area contributed by atoms with E-state index in [1.165, 1.54) is 5.56 Å². The van der Waals surface area contributed by atoms with E-state index in [9.17, 15) is 5.26 Å². The van der Waals surface area contributed by atoms with Crippen molar-refractivity contribution in [1.82, 2.24) is 14.5 Å². The van der Waals surface area contributed by atoms with Gasteiger partial charge in [-0.15, -0.1) is 0 Å². The van der Waals surface area contributed by atoms with E-state index in [-0.39, 0.29) is 6.10 Å². The van der Waals surface area contributed by atoms with Crippen LogP contribution in [-0.4, -0.2) is 21.1 Å². The number of rotatable bonds is 5. The minimum atomic E-state index is 0.0280. The zero-order valence-electron chi connectivity index (χ0n) is 19.4. The molecule has 1 unspecified atom stereocenters. The summed E-state index contributed by atoms with van der Waals surface area (Å²) in [4.78, 5) is 9.64. The van der Waals surface area contributed by atoms with Gasteiger partial charge in [-0.25, -0.2) is 9.97 Å². The maximum absolute atomic E-state index is 9.93. The highest BCUT2D eigenvalue weighted by molar-refractivity contribution is 5.76. The van der Waals surface area contributed by atoms with E-state index in [4.69, 9.17) is 14.7 Å². The summed E-state index contributed by atoms with van der Waals surface area (Å²) < 4.78 is 8.08. The molecular weight excluding hydrogens is 408 g/mol. The summed E-state index contributed by atoms with van der Waals surface area (Å²) in [6.45, 7) is 7.75. The number of nitriles is 1. The monoisotopic (exact) mass is 436 g/mol. The zero-order chi connectivity index (χ0) is 22.9. The average molecular weight is 437 g/mol. The molecule has 0 aliphatic carbocycles. The quantitative estimate of drug-likeness (QED) is 0.382. The van der Waals surface area contributed by atoms with Crippen LogP contribution in [0.5, 0.6) is 0 Å². The van der Waals surface area contributed by atoms with E-state index in [1.807, 2.05) is 25.1 Å². The molecule has 166 valence electrons. The van der Waals surface area contributed by atoms with Gasteiger partial charge in [0.1, 0.15) is 17.4 Å². The van der Waals surface area contributed by atoms with Gasteiger partial charge in [-0.2, -0.15) is 5.26 Å². The molecule has 1 fully saturated rings.